The van der Waals surface area contributed by atoms with Crippen LogP contribution in [0.3, 0.4) is 0 Å². The number of nitrogens with zero attached hydrogens (tertiary/aromatic N) is 4. The number of carbonyl (C=O) groups excluding carboxylic acids is 2. The molecule has 15 heteroatoms. The monoisotopic (exact) mass is 660 g/mol. The predicted molar refractivity (Wildman–Crippen MR) is 154 cm³/mol. The Labute approximate surface area is 261 Å². The molecule has 252 valence electrons. The molecule has 0 unspecified atom stereocenters. The number of halogens is 7. The molecular weight excluding hydrogens is 625 g/mol. The molecule has 2 atom stereocenters. The Morgan fingerprint density at radius 3 is 1.89 bits per heavy atom. The number of hydrogen-bond acceptors (Lipinski definition) is 3. The maximum Gasteiger partial charge on any atom is 0.416 e. The number of urea groups is 1. The van der Waals surface area contributed by atoms with E-state index in [0.29, 0.717) is 54.8 Å². The standard InChI is InChI=1S/C31H35F7N4O4/c1-39(29(45)46)15-18-4-6-20(7-5-18)27(43)42-16-25(19-8-10-23(32)11-9-19)26(17-42)41(3)28(44)40(2)24-13-21(30(33,34)35)12-22(14-24)31(36,37)38/h8-14,18,20,25-26H,4-7,15-17H2,1-3H3,(H,45,46)/t18-,20-,25-,26+/m0/s1. The Morgan fingerprint density at radius 1 is 0.848 bits per heavy atom. The van der Waals surface area contributed by atoms with E-state index in [2.05, 4.69) is 0 Å². The number of hydrogen-bond donors (Lipinski definition) is 1. The summed E-state index contributed by atoms with van der Waals surface area (Å²) in [5.74, 6) is -1.43. The summed E-state index contributed by atoms with van der Waals surface area (Å²) in [5.41, 5.74) is -3.15. The summed E-state index contributed by atoms with van der Waals surface area (Å²) in [6.45, 7) is 0.542. The minimum atomic E-state index is -5.10. The Bertz CT molecular complexity index is 1390. The molecule has 2 aromatic rings. The van der Waals surface area contributed by atoms with E-state index in [9.17, 15) is 45.1 Å². The highest BCUT2D eigenvalue weighted by molar-refractivity contribution is 5.92. The molecule has 2 fully saturated rings. The van der Waals surface area contributed by atoms with E-state index in [1.807, 2.05) is 0 Å². The van der Waals surface area contributed by atoms with Crippen molar-refractivity contribution in [2.75, 3.05) is 45.7 Å². The molecule has 1 saturated carbocycles. The molecule has 0 aromatic heterocycles. The second-order valence-corrected chi connectivity index (χ2v) is 12.1. The lowest BCUT2D eigenvalue weighted by molar-refractivity contribution is -0.143. The van der Waals surface area contributed by atoms with Gasteiger partial charge in [0.2, 0.25) is 5.91 Å². The van der Waals surface area contributed by atoms with Crippen molar-refractivity contribution in [3.63, 3.8) is 0 Å². The molecule has 1 saturated heterocycles. The Hall–Kier alpha value is -4.04. The van der Waals surface area contributed by atoms with Gasteiger partial charge in [-0.3, -0.25) is 9.69 Å². The number of carboxylic acid groups (broad SMARTS) is 1. The van der Waals surface area contributed by atoms with Crippen LogP contribution >= 0.6 is 0 Å². The average molecular weight is 661 g/mol. The predicted octanol–water partition coefficient (Wildman–Crippen LogP) is 6.76. The van der Waals surface area contributed by atoms with Gasteiger partial charge in [0.25, 0.3) is 0 Å². The minimum absolute atomic E-state index is 0.0194. The second kappa shape index (κ2) is 13.4. The zero-order chi connectivity index (χ0) is 34.1. The first kappa shape index (κ1) is 34.8. The van der Waals surface area contributed by atoms with E-state index in [-0.39, 0.29) is 36.9 Å². The lowest BCUT2D eigenvalue weighted by atomic mass is 9.81. The number of alkyl halides is 6. The summed E-state index contributed by atoms with van der Waals surface area (Å²) in [6.07, 6.45) is -8.87. The fourth-order valence-corrected chi connectivity index (χ4v) is 6.33. The molecule has 1 N–H and O–H groups in total. The van der Waals surface area contributed by atoms with Crippen molar-refractivity contribution >= 4 is 23.7 Å². The highest BCUT2D eigenvalue weighted by Gasteiger charge is 2.43. The Kier molecular flexibility index (Phi) is 10.1. The molecule has 4 amide bonds. The van der Waals surface area contributed by atoms with Crippen LogP contribution in [0.15, 0.2) is 42.5 Å². The number of likely N-dealkylation sites (tertiary alicyclic amines) is 1. The van der Waals surface area contributed by atoms with Crippen LogP contribution in [0, 0.1) is 17.7 Å². The van der Waals surface area contributed by atoms with E-state index >= 15 is 0 Å². The smallest absolute Gasteiger partial charge is 0.416 e. The van der Waals surface area contributed by atoms with Gasteiger partial charge in [0.15, 0.2) is 0 Å². The molecule has 4 rings (SSSR count). The maximum atomic E-state index is 13.8. The van der Waals surface area contributed by atoms with Crippen LogP contribution in [0.25, 0.3) is 0 Å². The lowest BCUT2D eigenvalue weighted by Gasteiger charge is -2.33. The van der Waals surface area contributed by atoms with Crippen LogP contribution in [-0.2, 0) is 17.1 Å². The van der Waals surface area contributed by atoms with E-state index < -0.39 is 59.1 Å². The molecule has 1 heterocycles. The van der Waals surface area contributed by atoms with E-state index in [0.717, 1.165) is 7.05 Å². The summed E-state index contributed by atoms with van der Waals surface area (Å²) in [7, 11) is 3.91. The first-order chi connectivity index (χ1) is 21.4. The summed E-state index contributed by atoms with van der Waals surface area (Å²) in [4.78, 5) is 43.1. The normalized spacial score (nSPS) is 22.0. The van der Waals surface area contributed by atoms with Crippen molar-refractivity contribution in [2.24, 2.45) is 11.8 Å². The largest absolute Gasteiger partial charge is 0.465 e. The Balaban J connectivity index is 1.56. The topological polar surface area (TPSA) is 84.4 Å². The van der Waals surface area contributed by atoms with Crippen molar-refractivity contribution in [1.29, 1.82) is 0 Å². The van der Waals surface area contributed by atoms with E-state index in [1.165, 1.54) is 48.2 Å². The average Bonchev–Trinajstić information content (AvgIpc) is 3.44. The van der Waals surface area contributed by atoms with Gasteiger partial charge in [-0.2, -0.15) is 26.3 Å². The molecule has 1 aliphatic carbocycles. The zero-order valence-corrected chi connectivity index (χ0v) is 25.4. The highest BCUT2D eigenvalue weighted by Crippen LogP contribution is 2.40. The van der Waals surface area contributed by atoms with E-state index in [1.54, 1.807) is 4.90 Å². The molecule has 2 aliphatic rings. The highest BCUT2D eigenvalue weighted by atomic mass is 19.4. The van der Waals surface area contributed by atoms with Gasteiger partial charge in [0, 0.05) is 58.3 Å². The lowest BCUT2D eigenvalue weighted by Crippen LogP contribution is -2.48. The fourth-order valence-electron chi connectivity index (χ4n) is 6.33. The van der Waals surface area contributed by atoms with E-state index in [4.69, 9.17) is 5.11 Å². The minimum Gasteiger partial charge on any atom is -0.465 e. The molecule has 46 heavy (non-hydrogen) atoms. The quantitative estimate of drug-likeness (QED) is 0.347. The first-order valence-corrected chi connectivity index (χ1v) is 14.6. The molecule has 8 nitrogen and oxygen atoms in total. The van der Waals surface area contributed by atoms with Crippen molar-refractivity contribution < 1.29 is 50.2 Å². The van der Waals surface area contributed by atoms with Crippen molar-refractivity contribution in [3.8, 4) is 0 Å². The summed E-state index contributed by atoms with van der Waals surface area (Å²) in [6, 6.07) is 4.74. The van der Waals surface area contributed by atoms with Crippen molar-refractivity contribution in [2.45, 2.75) is 50.0 Å². The zero-order valence-electron chi connectivity index (χ0n) is 25.4. The van der Waals surface area contributed by atoms with Gasteiger partial charge in [-0.15, -0.1) is 0 Å². The number of benzene rings is 2. The van der Waals surface area contributed by atoms with Crippen LogP contribution in [0.5, 0.6) is 0 Å². The third-order valence-corrected chi connectivity index (χ3v) is 9.00. The number of anilines is 1. The van der Waals surface area contributed by atoms with Gasteiger partial charge in [0.1, 0.15) is 5.82 Å². The first-order valence-electron chi connectivity index (χ1n) is 14.6. The number of likely N-dealkylation sites (N-methyl/N-ethyl adjacent to an activating group) is 1. The number of rotatable bonds is 6. The molecule has 0 bridgehead atoms. The molecule has 0 spiro atoms. The third-order valence-electron chi connectivity index (χ3n) is 9.00. The maximum absolute atomic E-state index is 13.8. The molecular formula is C31H35F7N4O4. The van der Waals surface area contributed by atoms with Gasteiger partial charge in [0.05, 0.1) is 17.2 Å². The van der Waals surface area contributed by atoms with Crippen LogP contribution < -0.4 is 4.90 Å². The molecule has 2 aromatic carbocycles. The third kappa shape index (κ3) is 7.84. The van der Waals surface area contributed by atoms with Gasteiger partial charge in [-0.25, -0.2) is 14.0 Å². The summed E-state index contributed by atoms with van der Waals surface area (Å²) >= 11 is 0. The van der Waals surface area contributed by atoms with Crippen molar-refractivity contribution in [1.82, 2.24) is 14.7 Å². The van der Waals surface area contributed by atoms with Gasteiger partial charge in [-0.1, -0.05) is 12.1 Å². The van der Waals surface area contributed by atoms with Gasteiger partial charge < -0.3 is 19.8 Å². The van der Waals surface area contributed by atoms with Crippen LogP contribution in [-0.4, -0.2) is 84.7 Å². The Morgan fingerprint density at radius 2 is 1.39 bits per heavy atom. The van der Waals surface area contributed by atoms with Gasteiger partial charge in [-0.05, 0) is 67.5 Å². The molecule has 0 radical (unpaired) electrons. The SMILES string of the molecule is CN(C[C@H]1CC[C@H](C(=O)N2C[C@@H](N(C)C(=O)N(C)c3cc(C(F)(F)F)cc(C(F)(F)F)c3)[C@H](c3ccc(F)cc3)C2)CC1)C(=O)O. The summed E-state index contributed by atoms with van der Waals surface area (Å²) < 4.78 is 94.6. The van der Waals surface area contributed by atoms with Gasteiger partial charge >= 0.3 is 24.5 Å². The number of carbonyl (C=O) groups is 3. The fraction of sp³-hybridized carbons (Fsp3) is 0.516. The molecule has 1 aliphatic heterocycles. The van der Waals surface area contributed by atoms with Crippen LogP contribution in [0.4, 0.5) is 46.0 Å². The second-order valence-electron chi connectivity index (χ2n) is 12.1. The van der Waals surface area contributed by atoms with Crippen LogP contribution in [0.2, 0.25) is 0 Å². The van der Waals surface area contributed by atoms with Crippen LogP contribution in [0.1, 0.15) is 48.3 Å². The number of amides is 4. The summed E-state index contributed by atoms with van der Waals surface area (Å²) in [5, 5.41) is 9.15. The van der Waals surface area contributed by atoms with Crippen molar-refractivity contribution in [3.05, 3.63) is 65.0 Å².